The van der Waals surface area contributed by atoms with Crippen LogP contribution in [-0.4, -0.2) is 30.8 Å². The van der Waals surface area contributed by atoms with Gasteiger partial charge in [-0.3, -0.25) is 0 Å². The smallest absolute Gasteiger partial charge is 0.340 e. The molecule has 0 bridgehead atoms. The molecule has 2 N–H and O–H groups in total. The number of aliphatic carboxylic acids is 2. The minimum Gasteiger partial charge on any atom is -0.479 e. The van der Waals surface area contributed by atoms with Gasteiger partial charge in [0.1, 0.15) is 0 Å². The van der Waals surface area contributed by atoms with E-state index in [2.05, 4.69) is 0 Å². The zero-order valence-corrected chi connectivity index (χ0v) is 19.3. The van der Waals surface area contributed by atoms with Crippen molar-refractivity contribution in [2.75, 3.05) is 0 Å². The number of rotatable bonds is 14. The largest absolute Gasteiger partial charge is 0.479 e. The highest BCUT2D eigenvalue weighted by Crippen LogP contribution is 2.35. The van der Waals surface area contributed by atoms with E-state index in [9.17, 15) is 9.59 Å². The molecular formula is C20H32Cl4O4. The predicted octanol–water partition coefficient (Wildman–Crippen LogP) is 7.21. The van der Waals surface area contributed by atoms with E-state index in [0.717, 1.165) is 50.4 Å². The Hall–Kier alpha value is 0.1000. The van der Waals surface area contributed by atoms with Gasteiger partial charge in [0.25, 0.3) is 0 Å². The molecule has 1 aliphatic carbocycles. The molecule has 0 amide bonds. The quantitative estimate of drug-likeness (QED) is 0.204. The average Bonchev–Trinajstić information content (AvgIpc) is 2.62. The van der Waals surface area contributed by atoms with Crippen LogP contribution < -0.4 is 0 Å². The van der Waals surface area contributed by atoms with E-state index < -0.39 is 20.6 Å². The van der Waals surface area contributed by atoms with Crippen LogP contribution in [0.4, 0.5) is 0 Å². The molecule has 0 aromatic carbocycles. The highest BCUT2D eigenvalue weighted by molar-refractivity contribution is 6.57. The zero-order valence-electron chi connectivity index (χ0n) is 16.3. The van der Waals surface area contributed by atoms with Crippen molar-refractivity contribution in [2.24, 2.45) is 11.8 Å². The van der Waals surface area contributed by atoms with Crippen LogP contribution in [0, 0.1) is 11.8 Å². The highest BCUT2D eigenvalue weighted by Gasteiger charge is 2.33. The van der Waals surface area contributed by atoms with Crippen molar-refractivity contribution >= 4 is 58.3 Å². The molecule has 164 valence electrons. The SMILES string of the molecule is O=C(O)C(Cl)(Cl)CCCCCC1CCC(CCCCCC(Cl)(Cl)C(=O)O)CC1. The molecular weight excluding hydrogens is 446 g/mol. The van der Waals surface area contributed by atoms with Gasteiger partial charge in [-0.1, -0.05) is 111 Å². The lowest BCUT2D eigenvalue weighted by Gasteiger charge is -2.28. The van der Waals surface area contributed by atoms with Crippen molar-refractivity contribution in [3.8, 4) is 0 Å². The zero-order chi connectivity index (χ0) is 21.2. The van der Waals surface area contributed by atoms with Crippen LogP contribution in [0.3, 0.4) is 0 Å². The van der Waals surface area contributed by atoms with Gasteiger partial charge in [-0.15, -0.1) is 0 Å². The molecule has 8 heteroatoms. The van der Waals surface area contributed by atoms with E-state index in [1.807, 2.05) is 0 Å². The first-order valence-electron chi connectivity index (χ1n) is 10.3. The first-order valence-corrected chi connectivity index (χ1v) is 11.8. The minimum atomic E-state index is -1.65. The van der Waals surface area contributed by atoms with Crippen molar-refractivity contribution < 1.29 is 19.8 Å². The van der Waals surface area contributed by atoms with Gasteiger partial charge in [-0.2, -0.15) is 0 Å². The summed E-state index contributed by atoms with van der Waals surface area (Å²) in [5.41, 5.74) is 0. The maximum Gasteiger partial charge on any atom is 0.340 e. The van der Waals surface area contributed by atoms with Crippen LogP contribution >= 0.6 is 46.4 Å². The lowest BCUT2D eigenvalue weighted by molar-refractivity contribution is -0.139. The summed E-state index contributed by atoms with van der Waals surface area (Å²) >= 11 is 23.0. The molecule has 0 aliphatic heterocycles. The molecule has 0 saturated heterocycles. The van der Waals surface area contributed by atoms with Crippen molar-refractivity contribution in [3.05, 3.63) is 0 Å². The monoisotopic (exact) mass is 476 g/mol. The second-order valence-electron chi connectivity index (χ2n) is 8.10. The number of hydrogen-bond donors (Lipinski definition) is 2. The van der Waals surface area contributed by atoms with Crippen LogP contribution in [0.1, 0.15) is 89.9 Å². The third-order valence-electron chi connectivity index (χ3n) is 5.80. The standard InChI is InChI=1S/C20H32Cl4O4/c21-19(22,17(25)26)13-5-1-3-7-15-9-11-16(12-10-15)8-4-2-6-14-20(23,24)18(27)28/h15-16H,1-14H2,(H,25,26)(H,27,28). The van der Waals surface area contributed by atoms with E-state index >= 15 is 0 Å². The Morgan fingerprint density at radius 2 is 0.964 bits per heavy atom. The Bertz CT molecular complexity index is 445. The Kier molecular flexibility index (Phi) is 11.9. The number of hydrogen-bond acceptors (Lipinski definition) is 2. The Morgan fingerprint density at radius 3 is 1.25 bits per heavy atom. The summed E-state index contributed by atoms with van der Waals surface area (Å²) in [7, 11) is 0. The summed E-state index contributed by atoms with van der Waals surface area (Å²) in [6.45, 7) is 0. The lowest BCUT2D eigenvalue weighted by Crippen LogP contribution is -2.25. The van der Waals surface area contributed by atoms with E-state index in [-0.39, 0.29) is 0 Å². The van der Waals surface area contributed by atoms with E-state index in [0.29, 0.717) is 12.8 Å². The maximum atomic E-state index is 10.8. The van der Waals surface area contributed by atoms with Crippen LogP contribution in [0.25, 0.3) is 0 Å². The predicted molar refractivity (Wildman–Crippen MR) is 116 cm³/mol. The fourth-order valence-corrected chi connectivity index (χ4v) is 4.47. The summed E-state index contributed by atoms with van der Waals surface area (Å²) in [6.07, 6.45) is 13.6. The van der Waals surface area contributed by atoms with Crippen LogP contribution in [0.2, 0.25) is 0 Å². The fourth-order valence-electron chi connectivity index (χ4n) is 3.94. The van der Waals surface area contributed by atoms with E-state index in [1.54, 1.807) is 0 Å². The van der Waals surface area contributed by atoms with E-state index in [4.69, 9.17) is 56.6 Å². The Labute approximate surface area is 188 Å². The number of alkyl halides is 4. The van der Waals surface area contributed by atoms with Gasteiger partial charge in [0.05, 0.1) is 0 Å². The molecule has 0 aromatic heterocycles. The summed E-state index contributed by atoms with van der Waals surface area (Å²) in [4.78, 5) is 21.7. The molecule has 28 heavy (non-hydrogen) atoms. The first kappa shape index (κ1) is 26.1. The molecule has 4 nitrogen and oxygen atoms in total. The Balaban J connectivity index is 2.03. The molecule has 1 saturated carbocycles. The van der Waals surface area contributed by atoms with Gasteiger partial charge in [0.15, 0.2) is 0 Å². The van der Waals surface area contributed by atoms with Gasteiger partial charge < -0.3 is 10.2 Å². The number of halogens is 4. The normalized spacial score (nSPS) is 20.9. The number of unbranched alkanes of at least 4 members (excludes halogenated alkanes) is 4. The molecule has 0 atom stereocenters. The fraction of sp³-hybridized carbons (Fsp3) is 0.900. The van der Waals surface area contributed by atoms with Crippen LogP contribution in [-0.2, 0) is 9.59 Å². The van der Waals surface area contributed by atoms with Gasteiger partial charge >= 0.3 is 11.9 Å². The van der Waals surface area contributed by atoms with Crippen molar-refractivity contribution in [1.82, 2.24) is 0 Å². The molecule has 0 unspecified atom stereocenters. The van der Waals surface area contributed by atoms with Crippen LogP contribution in [0.15, 0.2) is 0 Å². The first-order chi connectivity index (χ1) is 13.0. The number of carboxylic acid groups (broad SMARTS) is 2. The summed E-state index contributed by atoms with van der Waals surface area (Å²) in [5.74, 6) is -0.784. The molecule has 0 aromatic rings. The highest BCUT2D eigenvalue weighted by atomic mass is 35.5. The maximum absolute atomic E-state index is 10.8. The van der Waals surface area contributed by atoms with Gasteiger partial charge in [-0.05, 0) is 37.5 Å². The third-order valence-corrected chi connectivity index (χ3v) is 7.20. The summed E-state index contributed by atoms with van der Waals surface area (Å²) in [5, 5.41) is 17.8. The number of carbonyl (C=O) groups is 2. The number of carboxylic acids is 2. The van der Waals surface area contributed by atoms with Gasteiger partial charge in [0.2, 0.25) is 8.67 Å². The second kappa shape index (κ2) is 12.7. The van der Waals surface area contributed by atoms with Crippen LogP contribution in [0.5, 0.6) is 0 Å². The molecule has 1 fully saturated rings. The average molecular weight is 478 g/mol. The minimum absolute atomic E-state index is 0.291. The van der Waals surface area contributed by atoms with E-state index in [1.165, 1.54) is 38.5 Å². The van der Waals surface area contributed by atoms with Gasteiger partial charge in [0, 0.05) is 0 Å². The Morgan fingerprint density at radius 1 is 0.643 bits per heavy atom. The molecule has 0 radical (unpaired) electrons. The summed E-state index contributed by atoms with van der Waals surface area (Å²) in [6, 6.07) is 0. The van der Waals surface area contributed by atoms with Gasteiger partial charge in [-0.25, -0.2) is 9.59 Å². The molecule has 0 spiro atoms. The molecule has 1 rings (SSSR count). The topological polar surface area (TPSA) is 74.6 Å². The van der Waals surface area contributed by atoms with Crippen molar-refractivity contribution in [1.29, 1.82) is 0 Å². The second-order valence-corrected chi connectivity index (χ2v) is 11.1. The third kappa shape index (κ3) is 10.2. The van der Waals surface area contributed by atoms with Crippen molar-refractivity contribution in [3.63, 3.8) is 0 Å². The van der Waals surface area contributed by atoms with Crippen molar-refractivity contribution in [2.45, 2.75) is 98.6 Å². The lowest BCUT2D eigenvalue weighted by atomic mass is 9.78. The molecule has 0 heterocycles. The summed E-state index contributed by atoms with van der Waals surface area (Å²) < 4.78 is -3.30. The molecule has 1 aliphatic rings.